The van der Waals surface area contributed by atoms with Crippen molar-refractivity contribution in [2.24, 2.45) is 4.99 Å². The van der Waals surface area contributed by atoms with Crippen molar-refractivity contribution in [1.29, 1.82) is 0 Å². The second-order valence-corrected chi connectivity index (χ2v) is 15.7. The van der Waals surface area contributed by atoms with Crippen LogP contribution < -0.4 is 22.3 Å². The number of nitrogens with two attached hydrogens (primary N) is 2. The molecule has 31 heteroatoms. The summed E-state index contributed by atoms with van der Waals surface area (Å²) in [5.74, 6) is -0.242. The van der Waals surface area contributed by atoms with Crippen molar-refractivity contribution in [3.05, 3.63) is 23.0 Å². The zero-order chi connectivity index (χ0) is 35.2. The highest BCUT2D eigenvalue weighted by Gasteiger charge is 2.48. The minimum absolute atomic E-state index is 0.00493. The van der Waals surface area contributed by atoms with Gasteiger partial charge in [0.1, 0.15) is 30.2 Å². The average Bonchev–Trinajstić information content (AvgIpc) is 3.50. The highest BCUT2D eigenvalue weighted by Crippen LogP contribution is 2.71. The van der Waals surface area contributed by atoms with Crippen LogP contribution in [0.4, 0.5) is 23.3 Å². The van der Waals surface area contributed by atoms with E-state index in [4.69, 9.17) is 16.2 Å². The molecule has 5 rings (SSSR count). The van der Waals surface area contributed by atoms with E-state index in [1.54, 1.807) is 0 Å². The molecule has 0 bridgehead atoms. The predicted octanol–water partition coefficient (Wildman–Crippen LogP) is -1.62. The number of fused-ring (bicyclic) bond motifs is 2. The van der Waals surface area contributed by atoms with Crippen LogP contribution in [0.25, 0.3) is 11.2 Å². The van der Waals surface area contributed by atoms with Crippen LogP contribution in [0.1, 0.15) is 6.23 Å². The fourth-order valence-corrected chi connectivity index (χ4v) is 9.05. The molecule has 8 atom stereocenters. The molecule has 0 aromatic carbocycles. The number of rotatable bonds is 13. The summed E-state index contributed by atoms with van der Waals surface area (Å²) in [6.45, 7) is -2.19. The van der Waals surface area contributed by atoms with Gasteiger partial charge in [-0.3, -0.25) is 23.4 Å². The number of anilines is 3. The number of aromatic nitrogens is 6. The Hall–Kier alpha value is -3.06. The number of nitrogens with one attached hydrogen (secondary N) is 2. The van der Waals surface area contributed by atoms with E-state index in [-0.39, 0.29) is 46.7 Å². The van der Waals surface area contributed by atoms with Crippen LogP contribution in [0, 0.1) is 0 Å². The highest BCUT2D eigenvalue weighted by atomic mass is 31.3. The summed E-state index contributed by atoms with van der Waals surface area (Å²) in [5.41, 5.74) is 10.2. The summed E-state index contributed by atoms with van der Waals surface area (Å²) in [6, 6.07) is 0. The third-order valence-corrected chi connectivity index (χ3v) is 11.9. The van der Waals surface area contributed by atoms with Crippen molar-refractivity contribution in [1.82, 2.24) is 29.5 Å². The van der Waals surface area contributed by atoms with E-state index in [0.717, 1.165) is 12.7 Å². The lowest BCUT2D eigenvalue weighted by molar-refractivity contribution is -0.0503. The quantitative estimate of drug-likeness (QED) is 0.0874. The van der Waals surface area contributed by atoms with Crippen molar-refractivity contribution in [2.75, 3.05) is 36.5 Å². The Morgan fingerprint density at radius 3 is 2.27 bits per heavy atom. The summed E-state index contributed by atoms with van der Waals surface area (Å²) in [6.07, 6.45) is -4.20. The third kappa shape index (κ3) is 8.38. The van der Waals surface area contributed by atoms with Gasteiger partial charge in [-0.1, -0.05) is 0 Å². The molecule has 0 amide bonds. The zero-order valence-electron chi connectivity index (χ0n) is 23.4. The number of hydrogen-bond donors (Lipinski definition) is 10. The summed E-state index contributed by atoms with van der Waals surface area (Å²) in [5, 5.41) is 23.4. The Labute approximate surface area is 265 Å². The second-order valence-electron chi connectivity index (χ2n) is 9.50. The molecular weight excluding hydrogens is 740 g/mol. The van der Waals surface area contributed by atoms with Gasteiger partial charge in [-0.2, -0.15) is 17.9 Å². The van der Waals surface area contributed by atoms with Gasteiger partial charge in [0.15, 0.2) is 29.2 Å². The summed E-state index contributed by atoms with van der Waals surface area (Å²) >= 11 is 0. The Kier molecular flexibility index (Phi) is 10.1. The third-order valence-electron chi connectivity index (χ3n) is 6.06. The number of nitrogens with zero attached hydrogens (tertiary/aromatic N) is 6. The van der Waals surface area contributed by atoms with Crippen LogP contribution in [0.2, 0.25) is 0 Å². The van der Waals surface area contributed by atoms with E-state index >= 15 is 0 Å². The highest BCUT2D eigenvalue weighted by molar-refractivity contribution is 7.69. The molecule has 3 aromatic rings. The standard InChI is InChI=1S/C17H24N10O17P4/c18-12-8-14(22-4-21-12)27(5-23-8)16-11(29)10(28)7(41-16)3-40-46(33,34)43-48(37,38)44-47(35,36)42-45(31,32)39-2-6-1-20-13-9(24-6)15(30)26-17(19)25-13/h4-5,7,10-11,16,28-29H,1-3H2,(H,31,32)(H,33,34)(H,35,36)(H,37,38)(H2,18,21,22)(H4,19,20,25,26,30). The molecule has 2 aliphatic heterocycles. The topological polar surface area (TPSA) is 411 Å². The number of aromatic amines is 1. The average molecular weight is 764 g/mol. The maximum atomic E-state index is 12.3. The number of nitrogen functional groups attached to an aromatic ring is 2. The van der Waals surface area contributed by atoms with Gasteiger partial charge in [-0.05, 0) is 0 Å². The first-order valence-corrected chi connectivity index (χ1v) is 18.6. The van der Waals surface area contributed by atoms with Crippen molar-refractivity contribution >= 4 is 71.4 Å². The van der Waals surface area contributed by atoms with Crippen LogP contribution in [0.5, 0.6) is 0 Å². The van der Waals surface area contributed by atoms with Gasteiger partial charge in [0.05, 0.1) is 31.8 Å². The molecule has 264 valence electrons. The molecule has 0 radical (unpaired) electrons. The summed E-state index contributed by atoms with van der Waals surface area (Å²) in [7, 11) is -23.6. The van der Waals surface area contributed by atoms with Crippen LogP contribution >= 0.6 is 31.3 Å². The molecule has 0 spiro atoms. The number of aliphatic hydroxyl groups is 2. The van der Waals surface area contributed by atoms with Gasteiger partial charge in [-0.25, -0.2) is 38.2 Å². The lowest BCUT2D eigenvalue weighted by atomic mass is 10.1. The Morgan fingerprint density at radius 2 is 1.58 bits per heavy atom. The fourth-order valence-electron chi connectivity index (χ4n) is 4.12. The van der Waals surface area contributed by atoms with E-state index in [1.165, 1.54) is 4.57 Å². The first-order chi connectivity index (χ1) is 22.2. The lowest BCUT2D eigenvalue weighted by Gasteiger charge is -2.21. The van der Waals surface area contributed by atoms with Crippen molar-refractivity contribution in [2.45, 2.75) is 24.5 Å². The number of imidazole rings is 1. The zero-order valence-corrected chi connectivity index (χ0v) is 27.0. The normalized spacial score (nSPS) is 26.0. The van der Waals surface area contributed by atoms with E-state index < -0.39 is 74.6 Å². The first-order valence-electron chi connectivity index (χ1n) is 12.6. The van der Waals surface area contributed by atoms with Crippen LogP contribution in [-0.2, 0) is 45.0 Å². The molecule has 48 heavy (non-hydrogen) atoms. The molecule has 27 nitrogen and oxygen atoms in total. The molecular formula is C17H24N10O17P4. The Balaban J connectivity index is 1.15. The maximum absolute atomic E-state index is 12.3. The molecule has 12 N–H and O–H groups in total. The fraction of sp³-hybridized carbons (Fsp3) is 0.412. The van der Waals surface area contributed by atoms with E-state index in [1.807, 2.05) is 0 Å². The number of ether oxygens (including phenoxy) is 1. The minimum atomic E-state index is -6.13. The molecule has 2 aliphatic rings. The van der Waals surface area contributed by atoms with Gasteiger partial charge in [0, 0.05) is 0 Å². The van der Waals surface area contributed by atoms with Crippen LogP contribution in [0.15, 0.2) is 22.4 Å². The molecule has 0 aliphatic carbocycles. The van der Waals surface area contributed by atoms with Crippen LogP contribution in [-0.4, -0.2) is 103 Å². The number of aliphatic imine (C=N–C) groups is 1. The molecule has 1 fully saturated rings. The molecule has 5 heterocycles. The molecule has 3 aromatic heterocycles. The molecule has 8 unspecified atom stereocenters. The number of aliphatic hydroxyl groups excluding tert-OH is 2. The largest absolute Gasteiger partial charge is 0.490 e. The Bertz CT molecular complexity index is 2010. The number of hydrogen-bond acceptors (Lipinski definition) is 21. The SMILES string of the molecule is Nc1nc2c(c(=O)[nH]1)N=C(COP(=O)(O)OP(=O)(O)OP(=O)(O)OP(=O)(O)OCC1OC(n3cnc4c(N)ncnc43)C(O)C1O)CN2. The minimum Gasteiger partial charge on any atom is -0.387 e. The summed E-state index contributed by atoms with van der Waals surface area (Å²) < 4.78 is 76.2. The van der Waals surface area contributed by atoms with Gasteiger partial charge in [-0.15, -0.1) is 0 Å². The summed E-state index contributed by atoms with van der Waals surface area (Å²) in [4.78, 5) is 72.7. The van der Waals surface area contributed by atoms with E-state index in [2.05, 4.69) is 57.2 Å². The Morgan fingerprint density at radius 1 is 0.938 bits per heavy atom. The number of H-pyrrole nitrogens is 1. The number of phosphoric acid groups is 4. The van der Waals surface area contributed by atoms with E-state index in [0.29, 0.717) is 0 Å². The van der Waals surface area contributed by atoms with Crippen LogP contribution in [0.3, 0.4) is 0 Å². The van der Waals surface area contributed by atoms with Gasteiger partial charge in [0.25, 0.3) is 5.56 Å². The van der Waals surface area contributed by atoms with Crippen molar-refractivity contribution in [3.8, 4) is 0 Å². The van der Waals surface area contributed by atoms with Crippen molar-refractivity contribution in [3.63, 3.8) is 0 Å². The van der Waals surface area contributed by atoms with Gasteiger partial charge in [0.2, 0.25) is 5.95 Å². The van der Waals surface area contributed by atoms with Gasteiger partial charge >= 0.3 is 31.3 Å². The monoisotopic (exact) mass is 764 g/mol. The van der Waals surface area contributed by atoms with E-state index in [9.17, 15) is 52.8 Å². The maximum Gasteiger partial charge on any atom is 0.490 e. The van der Waals surface area contributed by atoms with Crippen molar-refractivity contribution < 1.29 is 74.8 Å². The molecule has 0 saturated carbocycles. The first kappa shape index (κ1) is 36.2. The number of phosphoric ester groups is 2. The molecule has 1 saturated heterocycles. The smallest absolute Gasteiger partial charge is 0.387 e. The predicted molar refractivity (Wildman–Crippen MR) is 155 cm³/mol. The van der Waals surface area contributed by atoms with Gasteiger partial charge < -0.3 is 51.3 Å². The lowest BCUT2D eigenvalue weighted by Crippen LogP contribution is -2.33. The second kappa shape index (κ2) is 13.3.